The molecule has 0 bridgehead atoms. The highest BCUT2D eigenvalue weighted by Gasteiger charge is 1.99. The molecule has 1 amide bonds. The van der Waals surface area contributed by atoms with Crippen LogP contribution in [0.4, 0.5) is 16.2 Å². The van der Waals surface area contributed by atoms with Gasteiger partial charge in [-0.1, -0.05) is 0 Å². The van der Waals surface area contributed by atoms with Crippen molar-refractivity contribution in [2.45, 2.75) is 0 Å². The summed E-state index contributed by atoms with van der Waals surface area (Å²) in [6, 6.07) is 5.26. The van der Waals surface area contributed by atoms with E-state index in [4.69, 9.17) is 16.2 Å². The Kier molecular flexibility index (Phi) is 4.26. The maximum absolute atomic E-state index is 10.3. The third-order valence-electron chi connectivity index (χ3n) is 1.84. The number of nitrogens with two attached hydrogens (primary N) is 2. The minimum atomic E-state index is -0.785. The van der Waals surface area contributed by atoms with Gasteiger partial charge >= 0.3 is 6.09 Å². The van der Waals surface area contributed by atoms with Crippen molar-refractivity contribution in [3.63, 3.8) is 0 Å². The van der Waals surface area contributed by atoms with E-state index in [1.54, 1.807) is 25.3 Å². The number of amides is 1. The molecule has 1 aromatic rings. The molecule has 6 nitrogen and oxygen atoms in total. The number of nitrogen functional groups attached to an aromatic ring is 1. The van der Waals surface area contributed by atoms with Gasteiger partial charge in [-0.05, 0) is 6.07 Å². The van der Waals surface area contributed by atoms with Crippen molar-refractivity contribution in [1.82, 2.24) is 0 Å². The fraction of sp³-hybridized carbons (Fsp3) is 0.300. The van der Waals surface area contributed by atoms with E-state index in [1.807, 2.05) is 0 Å². The third kappa shape index (κ3) is 3.95. The van der Waals surface area contributed by atoms with E-state index in [2.05, 4.69) is 10.1 Å². The molecular formula is C10H15N3O3. The average molecular weight is 225 g/mol. The Bertz CT molecular complexity index is 368. The average Bonchev–Trinajstić information content (AvgIpc) is 2.23. The molecule has 5 N–H and O–H groups in total. The fourth-order valence-corrected chi connectivity index (χ4v) is 1.19. The van der Waals surface area contributed by atoms with Gasteiger partial charge in [0.05, 0.1) is 7.11 Å². The van der Waals surface area contributed by atoms with Crippen LogP contribution in [0.5, 0.6) is 5.75 Å². The standard InChI is InChI=1S/C10H15N3O3/c1-15-9-5-7(11)4-8(6-9)13-2-3-16-10(12)14/h4-6,13H,2-3,11H2,1H3,(H2,12,14). The van der Waals surface area contributed by atoms with Gasteiger partial charge in [0.1, 0.15) is 12.4 Å². The highest BCUT2D eigenvalue weighted by atomic mass is 16.5. The maximum atomic E-state index is 10.3. The number of benzene rings is 1. The van der Waals surface area contributed by atoms with Gasteiger partial charge in [-0.15, -0.1) is 0 Å². The molecule has 0 aliphatic heterocycles. The lowest BCUT2D eigenvalue weighted by molar-refractivity contribution is 0.161. The molecule has 0 aromatic heterocycles. The van der Waals surface area contributed by atoms with Crippen molar-refractivity contribution in [3.05, 3.63) is 18.2 Å². The molecule has 1 aromatic carbocycles. The predicted octanol–water partition coefficient (Wildman–Crippen LogP) is 0.785. The van der Waals surface area contributed by atoms with E-state index in [0.717, 1.165) is 5.69 Å². The van der Waals surface area contributed by atoms with Crippen LogP contribution in [-0.4, -0.2) is 26.4 Å². The summed E-state index contributed by atoms with van der Waals surface area (Å²) in [5.74, 6) is 0.665. The molecule has 0 aliphatic rings. The first-order valence-corrected chi connectivity index (χ1v) is 4.72. The monoisotopic (exact) mass is 225 g/mol. The molecular weight excluding hydrogens is 210 g/mol. The molecule has 0 radical (unpaired) electrons. The normalized spacial score (nSPS) is 9.56. The Hall–Kier alpha value is -2.11. The van der Waals surface area contributed by atoms with Crippen molar-refractivity contribution in [3.8, 4) is 5.75 Å². The number of hydrogen-bond donors (Lipinski definition) is 3. The SMILES string of the molecule is COc1cc(N)cc(NCCOC(N)=O)c1. The summed E-state index contributed by atoms with van der Waals surface area (Å²) in [4.78, 5) is 10.3. The summed E-state index contributed by atoms with van der Waals surface area (Å²) >= 11 is 0. The number of carbonyl (C=O) groups excluding carboxylic acids is 1. The van der Waals surface area contributed by atoms with Crippen LogP contribution in [0.15, 0.2) is 18.2 Å². The second-order valence-electron chi connectivity index (χ2n) is 3.09. The van der Waals surface area contributed by atoms with Gasteiger partial charge in [-0.2, -0.15) is 0 Å². The molecule has 0 heterocycles. The summed E-state index contributed by atoms with van der Waals surface area (Å²) < 4.78 is 9.62. The Balaban J connectivity index is 2.47. The second kappa shape index (κ2) is 5.69. The van der Waals surface area contributed by atoms with Crippen LogP contribution in [0.1, 0.15) is 0 Å². The number of anilines is 2. The van der Waals surface area contributed by atoms with Gasteiger partial charge in [0.15, 0.2) is 0 Å². The van der Waals surface area contributed by atoms with Crippen LogP contribution in [0.3, 0.4) is 0 Å². The van der Waals surface area contributed by atoms with Crippen LogP contribution >= 0.6 is 0 Å². The molecule has 0 spiro atoms. The van der Waals surface area contributed by atoms with Crippen molar-refractivity contribution in [2.24, 2.45) is 5.73 Å². The number of hydrogen-bond acceptors (Lipinski definition) is 5. The van der Waals surface area contributed by atoms with Gasteiger partial charge in [-0.3, -0.25) is 0 Å². The Morgan fingerprint density at radius 2 is 2.19 bits per heavy atom. The number of ether oxygens (including phenoxy) is 2. The molecule has 6 heteroatoms. The zero-order chi connectivity index (χ0) is 12.0. The lowest BCUT2D eigenvalue weighted by atomic mass is 10.2. The van der Waals surface area contributed by atoms with Crippen molar-refractivity contribution >= 4 is 17.5 Å². The minimum Gasteiger partial charge on any atom is -0.497 e. The number of methoxy groups -OCH3 is 1. The minimum absolute atomic E-state index is 0.201. The highest BCUT2D eigenvalue weighted by molar-refractivity contribution is 5.64. The largest absolute Gasteiger partial charge is 0.497 e. The molecule has 0 saturated heterocycles. The number of primary amides is 1. The molecule has 0 aliphatic carbocycles. The van der Waals surface area contributed by atoms with E-state index in [1.165, 1.54) is 0 Å². The number of carbonyl (C=O) groups is 1. The second-order valence-corrected chi connectivity index (χ2v) is 3.09. The van der Waals surface area contributed by atoms with Crippen LogP contribution in [0.2, 0.25) is 0 Å². The van der Waals surface area contributed by atoms with E-state index >= 15 is 0 Å². The van der Waals surface area contributed by atoms with Crippen molar-refractivity contribution in [1.29, 1.82) is 0 Å². The van der Waals surface area contributed by atoms with Crippen LogP contribution < -0.4 is 21.5 Å². The summed E-state index contributed by atoms with van der Waals surface area (Å²) in [6.45, 7) is 0.655. The maximum Gasteiger partial charge on any atom is 0.404 e. The zero-order valence-corrected chi connectivity index (χ0v) is 9.03. The van der Waals surface area contributed by atoms with Crippen molar-refractivity contribution < 1.29 is 14.3 Å². The molecule has 0 saturated carbocycles. The Labute approximate surface area is 93.5 Å². The van der Waals surface area contributed by atoms with E-state index in [0.29, 0.717) is 18.0 Å². The molecule has 0 fully saturated rings. The van der Waals surface area contributed by atoms with Gasteiger partial charge in [0.2, 0.25) is 0 Å². The molecule has 0 unspecified atom stereocenters. The van der Waals surface area contributed by atoms with Crippen molar-refractivity contribution in [2.75, 3.05) is 31.3 Å². The quantitative estimate of drug-likeness (QED) is 0.508. The smallest absolute Gasteiger partial charge is 0.404 e. The fourth-order valence-electron chi connectivity index (χ4n) is 1.19. The van der Waals surface area contributed by atoms with E-state index in [-0.39, 0.29) is 6.61 Å². The zero-order valence-electron chi connectivity index (χ0n) is 9.03. The van der Waals surface area contributed by atoms with Gasteiger partial charge in [0.25, 0.3) is 0 Å². The van der Waals surface area contributed by atoms with Gasteiger partial charge in [-0.25, -0.2) is 4.79 Å². The summed E-state index contributed by atoms with van der Waals surface area (Å²) in [7, 11) is 1.56. The van der Waals surface area contributed by atoms with Crippen LogP contribution in [0.25, 0.3) is 0 Å². The highest BCUT2D eigenvalue weighted by Crippen LogP contribution is 2.21. The topological polar surface area (TPSA) is 99.6 Å². The summed E-state index contributed by atoms with van der Waals surface area (Å²) in [5.41, 5.74) is 11.9. The molecule has 0 atom stereocenters. The molecule has 88 valence electrons. The third-order valence-corrected chi connectivity index (χ3v) is 1.84. The first-order chi connectivity index (χ1) is 7.61. The van der Waals surface area contributed by atoms with Gasteiger partial charge in [0, 0.05) is 30.1 Å². The first-order valence-electron chi connectivity index (χ1n) is 4.72. The van der Waals surface area contributed by atoms with E-state index < -0.39 is 6.09 Å². The predicted molar refractivity (Wildman–Crippen MR) is 61.4 cm³/mol. The van der Waals surface area contributed by atoms with Crippen LogP contribution in [0, 0.1) is 0 Å². The Morgan fingerprint density at radius 1 is 1.44 bits per heavy atom. The van der Waals surface area contributed by atoms with Crippen LogP contribution in [-0.2, 0) is 4.74 Å². The first kappa shape index (κ1) is 12.0. The molecule has 1 rings (SSSR count). The number of nitrogens with one attached hydrogen (secondary N) is 1. The Morgan fingerprint density at radius 3 is 2.81 bits per heavy atom. The number of rotatable bonds is 5. The van der Waals surface area contributed by atoms with Gasteiger partial charge < -0.3 is 26.3 Å². The molecule has 16 heavy (non-hydrogen) atoms. The summed E-state index contributed by atoms with van der Waals surface area (Å²) in [5, 5.41) is 3.02. The summed E-state index contributed by atoms with van der Waals surface area (Å²) in [6.07, 6.45) is -0.785. The van der Waals surface area contributed by atoms with E-state index in [9.17, 15) is 4.79 Å². The lowest BCUT2D eigenvalue weighted by Gasteiger charge is -2.09. The lowest BCUT2D eigenvalue weighted by Crippen LogP contribution is -2.18.